The quantitative estimate of drug-likeness (QED) is 0.192. The Kier molecular flexibility index (Phi) is 11.2. The molecule has 0 bridgehead atoms. The van der Waals surface area contributed by atoms with Crippen LogP contribution in [-0.4, -0.2) is 57.2 Å². The molecule has 2 aromatic carbocycles. The Morgan fingerprint density at radius 2 is 1.84 bits per heavy atom. The molecular formula is C32H33BrN2O9S. The number of allylic oxidation sites excluding steroid dienone is 1. The molecule has 0 fully saturated rings. The summed E-state index contributed by atoms with van der Waals surface area (Å²) in [6.45, 7) is 9.31. The van der Waals surface area contributed by atoms with Crippen molar-refractivity contribution in [3.05, 3.63) is 89.5 Å². The fourth-order valence-corrected chi connectivity index (χ4v) is 6.26. The van der Waals surface area contributed by atoms with E-state index in [0.29, 0.717) is 66.8 Å². The topological polar surface area (TPSA) is 124 Å². The van der Waals surface area contributed by atoms with Gasteiger partial charge in [0.2, 0.25) is 0 Å². The molecule has 0 N–H and O–H groups in total. The predicted octanol–water partition coefficient (Wildman–Crippen LogP) is 4.08. The first-order valence-corrected chi connectivity index (χ1v) is 15.5. The Hall–Kier alpha value is -4.36. The summed E-state index contributed by atoms with van der Waals surface area (Å²) in [4.78, 5) is 44.1. The van der Waals surface area contributed by atoms with Gasteiger partial charge < -0.3 is 28.4 Å². The molecule has 238 valence electrons. The summed E-state index contributed by atoms with van der Waals surface area (Å²) < 4.78 is 35.3. The van der Waals surface area contributed by atoms with Gasteiger partial charge in [0, 0.05) is 0 Å². The second-order valence-corrected chi connectivity index (χ2v) is 11.3. The normalized spacial score (nSPS) is 14.3. The predicted molar refractivity (Wildman–Crippen MR) is 172 cm³/mol. The Labute approximate surface area is 272 Å². The van der Waals surface area contributed by atoms with Gasteiger partial charge in [0.15, 0.2) is 34.4 Å². The highest BCUT2D eigenvalue weighted by Gasteiger charge is 2.34. The van der Waals surface area contributed by atoms with Crippen LogP contribution in [0.2, 0.25) is 0 Å². The van der Waals surface area contributed by atoms with E-state index in [1.807, 2.05) is 6.07 Å². The van der Waals surface area contributed by atoms with E-state index in [1.54, 1.807) is 57.2 Å². The van der Waals surface area contributed by atoms with Gasteiger partial charge in [-0.25, -0.2) is 14.6 Å². The molecule has 0 spiro atoms. The van der Waals surface area contributed by atoms with Crippen LogP contribution in [0.1, 0.15) is 37.9 Å². The lowest BCUT2D eigenvalue weighted by Crippen LogP contribution is -2.40. The van der Waals surface area contributed by atoms with Crippen LogP contribution in [0.5, 0.6) is 23.0 Å². The van der Waals surface area contributed by atoms with Gasteiger partial charge in [0.1, 0.15) is 6.61 Å². The Balaban J connectivity index is 1.89. The van der Waals surface area contributed by atoms with Crippen LogP contribution in [0.15, 0.2) is 68.5 Å². The molecule has 0 saturated heterocycles. The fraction of sp³-hybridized carbons (Fsp3) is 0.312. The minimum Gasteiger partial charge on any atom is -0.493 e. The largest absolute Gasteiger partial charge is 0.493 e. The molecular weight excluding hydrogens is 668 g/mol. The van der Waals surface area contributed by atoms with E-state index in [-0.39, 0.29) is 24.3 Å². The number of benzene rings is 2. The number of carbonyl (C=O) groups is 2. The summed E-state index contributed by atoms with van der Waals surface area (Å²) in [5.74, 6) is 0.467. The van der Waals surface area contributed by atoms with Crippen LogP contribution >= 0.6 is 27.3 Å². The molecule has 0 unspecified atom stereocenters. The molecule has 1 atom stereocenters. The first kappa shape index (κ1) is 33.5. The molecule has 0 saturated carbocycles. The number of ether oxygens (including phenoxy) is 6. The van der Waals surface area contributed by atoms with Gasteiger partial charge in [-0.05, 0) is 78.2 Å². The Bertz CT molecular complexity index is 1830. The lowest BCUT2D eigenvalue weighted by atomic mass is 9.95. The molecule has 11 nitrogen and oxygen atoms in total. The van der Waals surface area contributed by atoms with Crippen molar-refractivity contribution in [2.24, 2.45) is 4.99 Å². The monoisotopic (exact) mass is 700 g/mol. The van der Waals surface area contributed by atoms with Crippen molar-refractivity contribution in [3.63, 3.8) is 0 Å². The van der Waals surface area contributed by atoms with Crippen LogP contribution in [0.25, 0.3) is 6.08 Å². The van der Waals surface area contributed by atoms with Crippen LogP contribution in [0, 0.1) is 0 Å². The average molecular weight is 702 g/mol. The van der Waals surface area contributed by atoms with Crippen molar-refractivity contribution in [1.82, 2.24) is 4.57 Å². The Morgan fingerprint density at radius 1 is 1.07 bits per heavy atom. The van der Waals surface area contributed by atoms with Crippen molar-refractivity contribution in [2.45, 2.75) is 26.8 Å². The maximum atomic E-state index is 14.1. The van der Waals surface area contributed by atoms with Crippen molar-refractivity contribution in [3.8, 4) is 23.0 Å². The highest BCUT2D eigenvalue weighted by molar-refractivity contribution is 9.10. The number of fused-ring (bicyclic) bond motifs is 1. The number of carbonyl (C=O) groups excluding carboxylic acids is 2. The summed E-state index contributed by atoms with van der Waals surface area (Å²) in [6, 6.07) is 7.70. The first-order chi connectivity index (χ1) is 21.7. The van der Waals surface area contributed by atoms with Gasteiger partial charge in [-0.2, -0.15) is 0 Å². The van der Waals surface area contributed by atoms with Crippen LogP contribution in [0.3, 0.4) is 0 Å². The number of methoxy groups -OCH3 is 2. The molecule has 0 amide bonds. The van der Waals surface area contributed by atoms with Gasteiger partial charge in [0.25, 0.3) is 5.56 Å². The van der Waals surface area contributed by atoms with Crippen LogP contribution in [0.4, 0.5) is 0 Å². The molecule has 2 heterocycles. The second kappa shape index (κ2) is 15.1. The number of hydrogen-bond acceptors (Lipinski definition) is 11. The number of hydrogen-bond donors (Lipinski definition) is 0. The second-order valence-electron chi connectivity index (χ2n) is 9.44. The minimum absolute atomic E-state index is 0.139. The van der Waals surface area contributed by atoms with E-state index in [9.17, 15) is 14.4 Å². The summed E-state index contributed by atoms with van der Waals surface area (Å²) in [7, 11) is 2.80. The van der Waals surface area contributed by atoms with Crippen molar-refractivity contribution in [2.75, 3.05) is 40.6 Å². The van der Waals surface area contributed by atoms with Gasteiger partial charge in [-0.1, -0.05) is 30.1 Å². The number of aromatic nitrogens is 1. The average Bonchev–Trinajstić information content (AvgIpc) is 3.32. The molecule has 4 rings (SSSR count). The number of halogens is 1. The number of esters is 2. The molecule has 3 aromatic rings. The molecule has 0 radical (unpaired) electrons. The highest BCUT2D eigenvalue weighted by atomic mass is 79.9. The van der Waals surface area contributed by atoms with Crippen molar-refractivity contribution >= 4 is 45.3 Å². The lowest BCUT2D eigenvalue weighted by molar-refractivity contribution is -0.143. The third kappa shape index (κ3) is 7.31. The van der Waals surface area contributed by atoms with Crippen LogP contribution in [-0.2, 0) is 19.1 Å². The summed E-state index contributed by atoms with van der Waals surface area (Å²) in [5, 5.41) is 0. The van der Waals surface area contributed by atoms with E-state index in [1.165, 1.54) is 30.1 Å². The Morgan fingerprint density at radius 3 is 2.51 bits per heavy atom. The zero-order valence-electron chi connectivity index (χ0n) is 25.5. The summed E-state index contributed by atoms with van der Waals surface area (Å²) in [5.41, 5.74) is 1.52. The molecule has 1 aliphatic rings. The van der Waals surface area contributed by atoms with Crippen molar-refractivity contribution in [1.29, 1.82) is 0 Å². The van der Waals surface area contributed by atoms with E-state index >= 15 is 0 Å². The SMILES string of the molecule is C=CCOc1c(Br)cc(/C=c2\sc3n(c2=O)[C@@H](c2ccc(OCC(=O)OC)c(OCC)c2)C(C(=O)OCC)=C(C)N=3)cc1OC. The third-order valence-electron chi connectivity index (χ3n) is 6.57. The number of rotatable bonds is 13. The van der Waals surface area contributed by atoms with E-state index in [4.69, 9.17) is 23.7 Å². The standard InChI is InChI=1S/C32H33BrN2O9S/c1-7-12-43-29-21(33)13-19(14-24(29)39-5)15-25-30(37)35-28(27(31(38)42-9-3)18(4)34-32(35)45-25)20-10-11-22(23(16-20)41-8-2)44-17-26(36)40-6/h7,10-11,13-16,28H,1,8-9,12,17H2,2-6H3/b25-15-/t28-/m0/s1. The number of nitrogens with zero attached hydrogens (tertiary/aromatic N) is 2. The van der Waals surface area contributed by atoms with Gasteiger partial charge in [0.05, 0.1) is 53.8 Å². The molecule has 45 heavy (non-hydrogen) atoms. The first-order valence-electron chi connectivity index (χ1n) is 13.9. The molecule has 1 aliphatic heterocycles. The zero-order valence-corrected chi connectivity index (χ0v) is 27.9. The molecule has 13 heteroatoms. The maximum absolute atomic E-state index is 14.1. The van der Waals surface area contributed by atoms with E-state index in [2.05, 4.69) is 32.2 Å². The van der Waals surface area contributed by atoms with Crippen LogP contribution < -0.4 is 33.8 Å². The van der Waals surface area contributed by atoms with Gasteiger partial charge in [-0.3, -0.25) is 9.36 Å². The lowest BCUT2D eigenvalue weighted by Gasteiger charge is -2.25. The number of thiazole rings is 1. The zero-order chi connectivity index (χ0) is 32.7. The fourth-order valence-electron chi connectivity index (χ4n) is 4.64. The molecule has 0 aliphatic carbocycles. The van der Waals surface area contributed by atoms with Gasteiger partial charge >= 0.3 is 11.9 Å². The third-order valence-corrected chi connectivity index (χ3v) is 8.14. The molecule has 1 aromatic heterocycles. The maximum Gasteiger partial charge on any atom is 0.343 e. The summed E-state index contributed by atoms with van der Waals surface area (Å²) >= 11 is 4.72. The van der Waals surface area contributed by atoms with Crippen molar-refractivity contribution < 1.29 is 38.0 Å². The summed E-state index contributed by atoms with van der Waals surface area (Å²) in [6.07, 6.45) is 3.36. The highest BCUT2D eigenvalue weighted by Crippen LogP contribution is 2.38. The van der Waals surface area contributed by atoms with E-state index < -0.39 is 18.0 Å². The van der Waals surface area contributed by atoms with Gasteiger partial charge in [-0.15, -0.1) is 0 Å². The smallest absolute Gasteiger partial charge is 0.343 e. The minimum atomic E-state index is -0.882. The van der Waals surface area contributed by atoms with E-state index in [0.717, 1.165) is 0 Å².